The molecule has 4 aromatic rings. The van der Waals surface area contributed by atoms with Gasteiger partial charge >= 0.3 is 5.97 Å². The number of hydrogen-bond donors (Lipinski definition) is 1. The third-order valence-corrected chi connectivity index (χ3v) is 7.46. The van der Waals surface area contributed by atoms with Crippen molar-refractivity contribution in [2.75, 3.05) is 5.32 Å². The molecule has 0 bridgehead atoms. The van der Waals surface area contributed by atoms with E-state index in [1.807, 2.05) is 70.2 Å². The van der Waals surface area contributed by atoms with Crippen molar-refractivity contribution >= 4 is 39.9 Å². The summed E-state index contributed by atoms with van der Waals surface area (Å²) in [6.07, 6.45) is -1.22. The quantitative estimate of drug-likeness (QED) is 0.114. The number of anilines is 1. The minimum Gasteiger partial charge on any atom is -0.453 e. The van der Waals surface area contributed by atoms with Crippen LogP contribution in [-0.2, 0) is 14.3 Å². The number of cyclic esters (lactones) is 1. The highest BCUT2D eigenvalue weighted by Gasteiger charge is 2.46. The summed E-state index contributed by atoms with van der Waals surface area (Å²) in [4.78, 5) is 54.4. The van der Waals surface area contributed by atoms with Crippen molar-refractivity contribution in [3.63, 3.8) is 0 Å². The summed E-state index contributed by atoms with van der Waals surface area (Å²) in [7, 11) is 0. The largest absolute Gasteiger partial charge is 0.453 e. The van der Waals surface area contributed by atoms with E-state index in [1.54, 1.807) is 42.5 Å². The molecule has 0 spiro atoms. The topological polar surface area (TPSA) is 89.5 Å². The highest BCUT2D eigenvalue weighted by molar-refractivity contribution is 6.45. The molecule has 0 saturated heterocycles. The van der Waals surface area contributed by atoms with Gasteiger partial charge in [-0.2, -0.15) is 0 Å². The zero-order valence-electron chi connectivity index (χ0n) is 22.9. The first-order chi connectivity index (χ1) is 19.2. The summed E-state index contributed by atoms with van der Waals surface area (Å²) in [5.74, 6) is -4.47. The summed E-state index contributed by atoms with van der Waals surface area (Å²) in [6, 6.07) is 25.1. The van der Waals surface area contributed by atoms with Crippen LogP contribution < -0.4 is 5.32 Å². The maximum atomic E-state index is 14.0. The smallest absolute Gasteiger partial charge is 0.339 e. The molecule has 4 aromatic carbocycles. The number of fused-ring (bicyclic) bond motifs is 2. The molecule has 0 saturated carbocycles. The van der Waals surface area contributed by atoms with Crippen molar-refractivity contribution in [2.24, 2.45) is 5.92 Å². The Bertz CT molecular complexity index is 1630. The Morgan fingerprint density at radius 1 is 0.750 bits per heavy atom. The standard InChI is InChI=1S/C34H31NO5/c1-19(2)24-14-9-15-25(20(3)4)29(24)35-33(38)31(37)28(32-26-12-7-8-13-27(26)34(39)40-32)30(36)23-17-16-21-10-5-6-11-22(21)18-23/h5-20,28,32H,1-4H3,(H,35,38)/t28-,32+/m1/s1. The fourth-order valence-corrected chi connectivity index (χ4v) is 5.35. The lowest BCUT2D eigenvalue weighted by atomic mass is 9.84. The van der Waals surface area contributed by atoms with Crippen molar-refractivity contribution in [1.82, 2.24) is 0 Å². The normalized spacial score (nSPS) is 15.2. The molecule has 2 atom stereocenters. The summed E-state index contributed by atoms with van der Waals surface area (Å²) >= 11 is 0. The van der Waals surface area contributed by atoms with E-state index in [1.165, 1.54) is 0 Å². The molecule has 1 N–H and O–H groups in total. The van der Waals surface area contributed by atoms with Crippen LogP contribution in [0, 0.1) is 5.92 Å². The van der Waals surface area contributed by atoms with Crippen LogP contribution in [0.3, 0.4) is 0 Å². The third-order valence-electron chi connectivity index (χ3n) is 7.46. The van der Waals surface area contributed by atoms with Crippen LogP contribution in [0.5, 0.6) is 0 Å². The average molecular weight is 534 g/mol. The second kappa shape index (κ2) is 10.9. The van der Waals surface area contributed by atoms with Crippen LogP contribution in [0.1, 0.15) is 83.0 Å². The van der Waals surface area contributed by atoms with Crippen LogP contribution in [0.15, 0.2) is 84.9 Å². The van der Waals surface area contributed by atoms with Gasteiger partial charge in [0.05, 0.1) is 5.56 Å². The predicted octanol–water partition coefficient (Wildman–Crippen LogP) is 7.01. The fourth-order valence-electron chi connectivity index (χ4n) is 5.35. The van der Waals surface area contributed by atoms with Crippen LogP contribution in [-0.4, -0.2) is 23.4 Å². The number of amides is 1. The van der Waals surface area contributed by atoms with Gasteiger partial charge in [-0.3, -0.25) is 14.4 Å². The second-order valence-electron chi connectivity index (χ2n) is 10.8. The number of ketones is 2. The summed E-state index contributed by atoms with van der Waals surface area (Å²) in [6.45, 7) is 8.05. The zero-order valence-corrected chi connectivity index (χ0v) is 22.9. The van der Waals surface area contributed by atoms with Gasteiger partial charge in [0.2, 0.25) is 5.78 Å². The monoisotopic (exact) mass is 533 g/mol. The molecule has 1 aliphatic rings. The lowest BCUT2D eigenvalue weighted by Crippen LogP contribution is -2.38. The molecule has 0 aliphatic carbocycles. The van der Waals surface area contributed by atoms with Crippen molar-refractivity contribution in [3.05, 3.63) is 113 Å². The van der Waals surface area contributed by atoms with Crippen molar-refractivity contribution < 1.29 is 23.9 Å². The number of Topliss-reactive ketones (excluding diaryl/α,β-unsaturated/α-hetero) is 2. The van der Waals surface area contributed by atoms with Gasteiger partial charge in [-0.25, -0.2) is 4.79 Å². The molecule has 202 valence electrons. The van der Waals surface area contributed by atoms with Crippen molar-refractivity contribution in [3.8, 4) is 0 Å². The number of nitrogens with one attached hydrogen (secondary N) is 1. The first-order valence-electron chi connectivity index (χ1n) is 13.5. The van der Waals surface area contributed by atoms with Gasteiger partial charge in [0, 0.05) is 16.8 Å². The lowest BCUT2D eigenvalue weighted by Gasteiger charge is -2.23. The van der Waals surface area contributed by atoms with E-state index in [2.05, 4.69) is 5.32 Å². The number of carbonyl (C=O) groups excluding carboxylic acids is 4. The van der Waals surface area contributed by atoms with Crippen LogP contribution >= 0.6 is 0 Å². The second-order valence-corrected chi connectivity index (χ2v) is 10.8. The van der Waals surface area contributed by atoms with Crippen LogP contribution in [0.4, 0.5) is 5.69 Å². The number of para-hydroxylation sites is 1. The van der Waals surface area contributed by atoms with Crippen LogP contribution in [0.2, 0.25) is 0 Å². The lowest BCUT2D eigenvalue weighted by molar-refractivity contribution is -0.138. The average Bonchev–Trinajstić information content (AvgIpc) is 3.28. The molecule has 6 heteroatoms. The molecule has 0 fully saturated rings. The molecule has 40 heavy (non-hydrogen) atoms. The van der Waals surface area contributed by atoms with Gasteiger partial charge in [0.15, 0.2) is 5.78 Å². The minimum absolute atomic E-state index is 0.0850. The highest BCUT2D eigenvalue weighted by Crippen LogP contribution is 2.39. The Kier molecular flexibility index (Phi) is 7.35. The predicted molar refractivity (Wildman–Crippen MR) is 155 cm³/mol. The van der Waals surface area contributed by atoms with Gasteiger partial charge < -0.3 is 10.1 Å². The SMILES string of the molecule is CC(C)c1cccc(C(C)C)c1NC(=O)C(=O)[C@@H](C(=O)c1ccc2ccccc2c1)[C@H]1OC(=O)c2ccccc21. The fraction of sp³-hybridized carbons (Fsp3) is 0.235. The number of carbonyl (C=O) groups is 4. The zero-order chi connectivity index (χ0) is 28.6. The molecular formula is C34H31NO5. The van der Waals surface area contributed by atoms with Crippen molar-refractivity contribution in [1.29, 1.82) is 0 Å². The maximum absolute atomic E-state index is 14.0. The van der Waals surface area contributed by atoms with Gasteiger partial charge in [-0.15, -0.1) is 0 Å². The van der Waals surface area contributed by atoms with E-state index in [-0.39, 0.29) is 23.0 Å². The number of esters is 1. The van der Waals surface area contributed by atoms with Crippen LogP contribution in [0.25, 0.3) is 10.8 Å². The number of hydrogen-bond acceptors (Lipinski definition) is 5. The minimum atomic E-state index is -1.55. The first-order valence-corrected chi connectivity index (χ1v) is 13.5. The van der Waals surface area contributed by atoms with E-state index in [4.69, 9.17) is 4.74 Å². The summed E-state index contributed by atoms with van der Waals surface area (Å²) < 4.78 is 5.61. The molecule has 0 aromatic heterocycles. The Hall–Kier alpha value is -4.58. The molecule has 0 radical (unpaired) electrons. The number of rotatable bonds is 8. The summed E-state index contributed by atoms with van der Waals surface area (Å²) in [5, 5.41) is 4.59. The number of ether oxygens (including phenoxy) is 1. The van der Waals surface area contributed by atoms with Gasteiger partial charge in [-0.1, -0.05) is 100 Å². The Morgan fingerprint density at radius 3 is 2.05 bits per heavy atom. The van der Waals surface area contributed by atoms with Gasteiger partial charge in [0.1, 0.15) is 12.0 Å². The highest BCUT2D eigenvalue weighted by atomic mass is 16.5. The summed E-state index contributed by atoms with van der Waals surface area (Å²) in [5.41, 5.74) is 3.31. The third kappa shape index (κ3) is 4.93. The van der Waals surface area contributed by atoms with E-state index >= 15 is 0 Å². The molecule has 1 aliphatic heterocycles. The molecular weight excluding hydrogens is 502 g/mol. The van der Waals surface area contributed by atoms with E-state index < -0.39 is 35.5 Å². The maximum Gasteiger partial charge on any atom is 0.339 e. The molecule has 1 amide bonds. The van der Waals surface area contributed by atoms with E-state index in [9.17, 15) is 19.2 Å². The molecule has 5 rings (SSSR count). The molecule has 0 unspecified atom stereocenters. The van der Waals surface area contributed by atoms with Gasteiger partial charge in [-0.05, 0) is 45.9 Å². The first kappa shape index (κ1) is 27.0. The Labute approximate surface area is 233 Å². The number of benzene rings is 4. The van der Waals surface area contributed by atoms with E-state index in [0.717, 1.165) is 21.9 Å². The van der Waals surface area contributed by atoms with Crippen molar-refractivity contribution in [2.45, 2.75) is 45.6 Å². The molecule has 6 nitrogen and oxygen atoms in total. The van der Waals surface area contributed by atoms with Gasteiger partial charge in [0.25, 0.3) is 5.91 Å². The molecule has 1 heterocycles. The Morgan fingerprint density at radius 2 is 1.38 bits per heavy atom. The van der Waals surface area contributed by atoms with E-state index in [0.29, 0.717) is 11.3 Å². The Balaban J connectivity index is 1.57.